The van der Waals surface area contributed by atoms with Crippen molar-refractivity contribution in [3.63, 3.8) is 0 Å². The molecule has 0 spiro atoms. The van der Waals surface area contributed by atoms with E-state index in [0.29, 0.717) is 0 Å². The highest BCUT2D eigenvalue weighted by molar-refractivity contribution is 5.09. The second-order valence-electron chi connectivity index (χ2n) is 4.17. The van der Waals surface area contributed by atoms with Crippen LogP contribution in [-0.4, -0.2) is 42.6 Å². The van der Waals surface area contributed by atoms with Gasteiger partial charge < -0.3 is 4.74 Å². The molecule has 0 fully saturated rings. The summed E-state index contributed by atoms with van der Waals surface area (Å²) in [5.41, 5.74) is 0. The summed E-state index contributed by atoms with van der Waals surface area (Å²) in [5, 5.41) is 0. The lowest BCUT2D eigenvalue weighted by atomic mass is 9.94. The molecule has 0 radical (unpaired) electrons. The van der Waals surface area contributed by atoms with Crippen LogP contribution in [0.25, 0.3) is 0 Å². The summed E-state index contributed by atoms with van der Waals surface area (Å²) in [6.45, 7) is -3.44. The van der Waals surface area contributed by atoms with Crippen LogP contribution in [0.15, 0.2) is 12.1 Å². The molecule has 0 saturated carbocycles. The largest absolute Gasteiger partial charge is 0.460 e. The van der Waals surface area contributed by atoms with Crippen molar-refractivity contribution in [2.24, 2.45) is 0 Å². The molecule has 1 nitrogen and oxygen atoms in total. The molecule has 0 atom stereocenters. The first-order valence-corrected chi connectivity index (χ1v) is 5.28. The second kappa shape index (κ2) is 6.66. The molecule has 0 aliphatic carbocycles. The van der Waals surface area contributed by atoms with Crippen molar-refractivity contribution in [3.05, 3.63) is 12.1 Å². The van der Waals surface area contributed by atoms with Crippen LogP contribution in [0.4, 0.5) is 65.9 Å². The Kier molecular flexibility index (Phi) is 6.26. The van der Waals surface area contributed by atoms with Crippen molar-refractivity contribution in [2.45, 2.75) is 36.0 Å². The number of ether oxygens (including phenoxy) is 1. The maximum Gasteiger partial charge on any atom is 0.384 e. The molecule has 0 unspecified atom stereocenters. The van der Waals surface area contributed by atoms with E-state index in [-0.39, 0.29) is 0 Å². The van der Waals surface area contributed by atoms with Crippen LogP contribution in [-0.2, 0) is 4.74 Å². The van der Waals surface area contributed by atoms with Gasteiger partial charge in [0.15, 0.2) is 6.61 Å². The summed E-state index contributed by atoms with van der Waals surface area (Å²) < 4.78 is 189. The standard InChI is InChI=1S/C9H3F15O/c10-2(11)3(12)25-1-5(15,16)7(19,20)9(23,24)8(21,22)6(17,18)4(13)14/h4H,1H2. The maximum absolute atomic E-state index is 13.0. The van der Waals surface area contributed by atoms with Crippen LogP contribution < -0.4 is 0 Å². The van der Waals surface area contributed by atoms with E-state index in [1.807, 2.05) is 0 Å². The topological polar surface area (TPSA) is 9.23 Å². The van der Waals surface area contributed by atoms with Gasteiger partial charge in [-0.1, -0.05) is 0 Å². The summed E-state index contributed by atoms with van der Waals surface area (Å²) in [4.78, 5) is 0. The molecule has 0 aromatic heterocycles. The number of halogens is 15. The molecule has 0 bridgehead atoms. The Morgan fingerprint density at radius 3 is 1.40 bits per heavy atom. The molecule has 0 amide bonds. The van der Waals surface area contributed by atoms with Crippen LogP contribution in [0.1, 0.15) is 0 Å². The molecule has 0 aromatic carbocycles. The normalized spacial score (nSPS) is 14.7. The third-order valence-electron chi connectivity index (χ3n) is 2.47. The minimum absolute atomic E-state index is 2.61. The third kappa shape index (κ3) is 3.70. The lowest BCUT2D eigenvalue weighted by Gasteiger charge is -2.38. The molecule has 0 aliphatic rings. The molecule has 0 saturated heterocycles. The Morgan fingerprint density at radius 2 is 1.08 bits per heavy atom. The average molecular weight is 412 g/mol. The summed E-state index contributed by atoms with van der Waals surface area (Å²) in [7, 11) is 0. The minimum Gasteiger partial charge on any atom is -0.460 e. The fraction of sp³-hybridized carbons (Fsp3) is 0.778. The Bertz CT molecular complexity index is 503. The predicted molar refractivity (Wildman–Crippen MR) is 47.0 cm³/mol. The number of hydrogen-bond donors (Lipinski definition) is 0. The minimum atomic E-state index is -7.83. The van der Waals surface area contributed by atoms with E-state index in [0.717, 1.165) is 0 Å². The maximum atomic E-state index is 13.0. The van der Waals surface area contributed by atoms with E-state index in [1.54, 1.807) is 0 Å². The smallest absolute Gasteiger partial charge is 0.384 e. The van der Waals surface area contributed by atoms with Crippen LogP contribution >= 0.6 is 0 Å². The lowest BCUT2D eigenvalue weighted by Crippen LogP contribution is -2.69. The SMILES string of the molecule is FC(F)=C(F)OCC(F)(F)C(F)(F)C(F)(F)C(F)(F)C(F)(F)C(F)F. The zero-order valence-corrected chi connectivity index (χ0v) is 10.9. The first kappa shape index (κ1) is 23.5. The molecule has 0 N–H and O–H groups in total. The Balaban J connectivity index is 5.91. The van der Waals surface area contributed by atoms with Crippen molar-refractivity contribution >= 4 is 0 Å². The van der Waals surface area contributed by atoms with Crippen molar-refractivity contribution in [2.75, 3.05) is 6.61 Å². The highest BCUT2D eigenvalue weighted by Crippen LogP contribution is 2.58. The van der Waals surface area contributed by atoms with Gasteiger partial charge in [-0.15, -0.1) is 0 Å². The van der Waals surface area contributed by atoms with Gasteiger partial charge in [0, 0.05) is 0 Å². The molecule has 150 valence electrons. The van der Waals surface area contributed by atoms with Gasteiger partial charge >= 0.3 is 48.1 Å². The Labute approximate surface area is 127 Å². The van der Waals surface area contributed by atoms with Crippen molar-refractivity contribution in [1.29, 1.82) is 0 Å². The molecule has 0 aliphatic heterocycles. The van der Waals surface area contributed by atoms with Crippen LogP contribution in [0.3, 0.4) is 0 Å². The lowest BCUT2D eigenvalue weighted by molar-refractivity contribution is -0.415. The molecule has 0 rings (SSSR count). The molecule has 25 heavy (non-hydrogen) atoms. The number of hydrogen-bond acceptors (Lipinski definition) is 1. The summed E-state index contributed by atoms with van der Waals surface area (Å²) >= 11 is 0. The van der Waals surface area contributed by atoms with Gasteiger partial charge in [-0.25, -0.2) is 8.78 Å². The molecule has 0 heterocycles. The van der Waals surface area contributed by atoms with E-state index in [1.165, 1.54) is 0 Å². The van der Waals surface area contributed by atoms with Crippen LogP contribution in [0.5, 0.6) is 0 Å². The van der Waals surface area contributed by atoms with Gasteiger partial charge in [0.2, 0.25) is 0 Å². The van der Waals surface area contributed by atoms with Crippen LogP contribution in [0, 0.1) is 0 Å². The average Bonchev–Trinajstić information content (AvgIpc) is 2.43. The molecule has 0 aromatic rings. The highest BCUT2D eigenvalue weighted by Gasteiger charge is 2.87. The summed E-state index contributed by atoms with van der Waals surface area (Å²) in [6, 6.07) is -3.29. The first-order valence-electron chi connectivity index (χ1n) is 5.28. The fourth-order valence-electron chi connectivity index (χ4n) is 1.07. The van der Waals surface area contributed by atoms with E-state index in [2.05, 4.69) is 4.74 Å². The van der Waals surface area contributed by atoms with Crippen LogP contribution in [0.2, 0.25) is 0 Å². The number of alkyl halides is 12. The molecular weight excluding hydrogens is 409 g/mol. The first-order chi connectivity index (χ1) is 10.8. The van der Waals surface area contributed by atoms with Crippen molar-refractivity contribution in [3.8, 4) is 0 Å². The summed E-state index contributed by atoms with van der Waals surface area (Å²) in [5.74, 6) is -36.9. The quantitative estimate of drug-likeness (QED) is 0.379. The highest BCUT2D eigenvalue weighted by atomic mass is 19.4. The van der Waals surface area contributed by atoms with Gasteiger partial charge in [0.1, 0.15) is 0 Å². The van der Waals surface area contributed by atoms with Crippen molar-refractivity contribution < 1.29 is 70.6 Å². The zero-order chi connectivity index (χ0) is 20.6. The van der Waals surface area contributed by atoms with E-state index in [9.17, 15) is 65.9 Å². The van der Waals surface area contributed by atoms with Gasteiger partial charge in [0.05, 0.1) is 0 Å². The zero-order valence-electron chi connectivity index (χ0n) is 10.9. The summed E-state index contributed by atoms with van der Waals surface area (Å²) in [6.07, 6.45) is -9.21. The molecular formula is C9H3F15O. The Hall–Kier alpha value is -1.51. The van der Waals surface area contributed by atoms with Gasteiger partial charge in [-0.3, -0.25) is 0 Å². The number of rotatable bonds is 8. The Morgan fingerprint density at radius 1 is 0.680 bits per heavy atom. The predicted octanol–water partition coefficient (Wildman–Crippen LogP) is 5.48. The van der Waals surface area contributed by atoms with E-state index < -0.39 is 54.7 Å². The third-order valence-corrected chi connectivity index (χ3v) is 2.47. The van der Waals surface area contributed by atoms with E-state index in [4.69, 9.17) is 0 Å². The monoisotopic (exact) mass is 412 g/mol. The van der Waals surface area contributed by atoms with Crippen molar-refractivity contribution in [1.82, 2.24) is 0 Å². The van der Waals surface area contributed by atoms with E-state index >= 15 is 0 Å². The van der Waals surface area contributed by atoms with Gasteiger partial charge in [0.25, 0.3) is 0 Å². The molecule has 16 heteroatoms. The fourth-order valence-corrected chi connectivity index (χ4v) is 1.07. The van der Waals surface area contributed by atoms with Gasteiger partial charge in [-0.05, 0) is 0 Å². The van der Waals surface area contributed by atoms with Gasteiger partial charge in [-0.2, -0.15) is 57.1 Å². The second-order valence-corrected chi connectivity index (χ2v) is 4.17.